The Morgan fingerprint density at radius 2 is 1.87 bits per heavy atom. The second-order valence-electron chi connectivity index (χ2n) is 8.31. The molecule has 0 radical (unpaired) electrons. The van der Waals surface area contributed by atoms with Crippen LogP contribution in [0, 0.1) is 11.3 Å². The van der Waals surface area contributed by atoms with E-state index in [0.717, 1.165) is 6.42 Å². The Hall–Kier alpha value is -2.03. The van der Waals surface area contributed by atoms with Crippen molar-refractivity contribution in [3.63, 3.8) is 0 Å². The molecule has 0 aliphatic heterocycles. The Morgan fingerprint density at radius 3 is 2.47 bits per heavy atom. The minimum Gasteiger partial charge on any atom is -0.337 e. The predicted molar refractivity (Wildman–Crippen MR) is 118 cm³/mol. The molecule has 10 heteroatoms. The molecule has 0 aromatic heterocycles. The van der Waals surface area contributed by atoms with Crippen LogP contribution in [0.2, 0.25) is 10.0 Å². The van der Waals surface area contributed by atoms with Crippen molar-refractivity contribution in [3.05, 3.63) is 28.2 Å². The largest absolute Gasteiger partial charge is 0.337 e. The number of urea groups is 1. The van der Waals surface area contributed by atoms with Crippen LogP contribution < -0.4 is 16.1 Å². The van der Waals surface area contributed by atoms with E-state index in [1.165, 1.54) is 11.0 Å². The number of hydroxylamine groups is 1. The minimum atomic E-state index is -0.652. The van der Waals surface area contributed by atoms with E-state index in [4.69, 9.17) is 28.4 Å². The van der Waals surface area contributed by atoms with Crippen molar-refractivity contribution >= 4 is 46.7 Å². The number of nitrogens with zero attached hydrogens (tertiary/aromatic N) is 1. The number of benzene rings is 1. The number of rotatable bonds is 10. The number of anilines is 1. The van der Waals surface area contributed by atoms with E-state index in [0.29, 0.717) is 28.2 Å². The van der Waals surface area contributed by atoms with Gasteiger partial charge in [0.05, 0.1) is 10.7 Å². The molecule has 4 amide bonds. The van der Waals surface area contributed by atoms with E-state index >= 15 is 0 Å². The van der Waals surface area contributed by atoms with Crippen LogP contribution in [-0.2, 0) is 9.59 Å². The Kier molecular flexibility index (Phi) is 10.4. The highest BCUT2D eigenvalue weighted by molar-refractivity contribution is 6.35. The maximum atomic E-state index is 12.7. The molecule has 0 spiro atoms. The van der Waals surface area contributed by atoms with Crippen LogP contribution >= 0.6 is 23.2 Å². The summed E-state index contributed by atoms with van der Waals surface area (Å²) in [5, 5.41) is 14.9. The molecule has 0 aliphatic carbocycles. The van der Waals surface area contributed by atoms with E-state index in [1.54, 1.807) is 17.6 Å². The van der Waals surface area contributed by atoms with Gasteiger partial charge in [-0.2, -0.15) is 0 Å². The third-order valence-corrected chi connectivity index (χ3v) is 4.89. The number of hydrogen-bond acceptors (Lipinski definition) is 4. The van der Waals surface area contributed by atoms with Gasteiger partial charge in [0.2, 0.25) is 5.91 Å². The van der Waals surface area contributed by atoms with Crippen LogP contribution in [0.5, 0.6) is 0 Å². The average molecular weight is 461 g/mol. The number of hydrogen-bond donors (Lipinski definition) is 4. The summed E-state index contributed by atoms with van der Waals surface area (Å²) in [4.78, 5) is 37.9. The van der Waals surface area contributed by atoms with E-state index in [-0.39, 0.29) is 25.4 Å². The van der Waals surface area contributed by atoms with Crippen molar-refractivity contribution in [2.24, 2.45) is 11.3 Å². The summed E-state index contributed by atoms with van der Waals surface area (Å²) in [5.41, 5.74) is 1.36. The first-order valence-corrected chi connectivity index (χ1v) is 10.4. The van der Waals surface area contributed by atoms with Crippen LogP contribution in [0.4, 0.5) is 10.5 Å². The second-order valence-corrected chi connectivity index (χ2v) is 9.15. The predicted octanol–water partition coefficient (Wildman–Crippen LogP) is 3.91. The third-order valence-electron chi connectivity index (χ3n) is 4.32. The van der Waals surface area contributed by atoms with Gasteiger partial charge in [-0.05, 0) is 36.0 Å². The van der Waals surface area contributed by atoms with Crippen LogP contribution in [0.15, 0.2) is 18.2 Å². The molecule has 8 nitrogen and oxygen atoms in total. The maximum Gasteiger partial charge on any atom is 0.319 e. The summed E-state index contributed by atoms with van der Waals surface area (Å²) in [7, 11) is 0. The van der Waals surface area contributed by atoms with Crippen molar-refractivity contribution in [3.8, 4) is 0 Å². The van der Waals surface area contributed by atoms with E-state index < -0.39 is 17.4 Å². The number of carbonyl (C=O) groups is 3. The first-order chi connectivity index (χ1) is 13.9. The number of halogens is 2. The lowest BCUT2D eigenvalue weighted by Crippen LogP contribution is -2.44. The summed E-state index contributed by atoms with van der Waals surface area (Å²) >= 11 is 11.9. The zero-order valence-electron chi connectivity index (χ0n) is 17.7. The van der Waals surface area contributed by atoms with Gasteiger partial charge in [0.15, 0.2) is 0 Å². The van der Waals surface area contributed by atoms with Crippen molar-refractivity contribution in [1.29, 1.82) is 0 Å². The van der Waals surface area contributed by atoms with Gasteiger partial charge in [0.25, 0.3) is 5.91 Å². The fraction of sp³-hybridized carbons (Fsp3) is 0.550. The molecule has 1 aromatic carbocycles. The molecule has 0 unspecified atom stereocenters. The van der Waals surface area contributed by atoms with Gasteiger partial charge in [0, 0.05) is 24.5 Å². The van der Waals surface area contributed by atoms with Crippen molar-refractivity contribution in [2.45, 2.75) is 40.5 Å². The second kappa shape index (κ2) is 12.0. The van der Waals surface area contributed by atoms with Crippen LogP contribution in [-0.4, -0.2) is 47.6 Å². The zero-order valence-corrected chi connectivity index (χ0v) is 19.2. The molecule has 168 valence electrons. The van der Waals surface area contributed by atoms with Crippen LogP contribution in [0.1, 0.15) is 40.5 Å². The number of carbonyl (C=O) groups excluding carboxylic acids is 3. The van der Waals surface area contributed by atoms with Gasteiger partial charge in [-0.3, -0.25) is 14.8 Å². The minimum absolute atomic E-state index is 0.113. The van der Waals surface area contributed by atoms with Gasteiger partial charge in [-0.25, -0.2) is 10.3 Å². The lowest BCUT2D eigenvalue weighted by molar-refractivity contribution is -0.140. The lowest BCUT2D eigenvalue weighted by Gasteiger charge is -2.29. The fourth-order valence-corrected chi connectivity index (χ4v) is 2.91. The highest BCUT2D eigenvalue weighted by Gasteiger charge is 2.27. The van der Waals surface area contributed by atoms with Crippen molar-refractivity contribution in [1.82, 2.24) is 15.7 Å². The van der Waals surface area contributed by atoms with Crippen molar-refractivity contribution in [2.75, 3.05) is 25.0 Å². The third kappa shape index (κ3) is 9.65. The van der Waals surface area contributed by atoms with Gasteiger partial charge >= 0.3 is 6.03 Å². The molecule has 0 saturated heterocycles. The fourth-order valence-electron chi connectivity index (χ4n) is 2.58. The summed E-state index contributed by atoms with van der Waals surface area (Å²) in [6.07, 6.45) is 0.841. The molecule has 1 rings (SSSR count). The SMILES string of the molecule is CC(C)CCN(CC(=O)NO)C(=O)CC(C)(C)CNC(=O)Nc1cc(Cl)ccc1Cl. The lowest BCUT2D eigenvalue weighted by atomic mass is 9.88. The summed E-state index contributed by atoms with van der Waals surface area (Å²) < 4.78 is 0. The van der Waals surface area contributed by atoms with Gasteiger partial charge in [0.1, 0.15) is 6.54 Å². The molecule has 4 N–H and O–H groups in total. The molecule has 0 fully saturated rings. The van der Waals surface area contributed by atoms with Crippen molar-refractivity contribution < 1.29 is 19.6 Å². The van der Waals surface area contributed by atoms with E-state index in [1.807, 2.05) is 27.7 Å². The number of amides is 4. The Morgan fingerprint density at radius 1 is 1.20 bits per heavy atom. The molecular weight excluding hydrogens is 431 g/mol. The van der Waals surface area contributed by atoms with E-state index in [2.05, 4.69) is 10.6 Å². The zero-order chi connectivity index (χ0) is 22.9. The summed E-state index contributed by atoms with van der Waals surface area (Å²) in [6, 6.07) is 4.26. The quantitative estimate of drug-likeness (QED) is 0.313. The number of nitrogens with one attached hydrogen (secondary N) is 3. The highest BCUT2D eigenvalue weighted by atomic mass is 35.5. The molecule has 1 aromatic rings. The van der Waals surface area contributed by atoms with Gasteiger partial charge < -0.3 is 15.5 Å². The topological polar surface area (TPSA) is 111 Å². The normalized spacial score (nSPS) is 11.2. The Bertz CT molecular complexity index is 756. The van der Waals surface area contributed by atoms with Gasteiger partial charge in [-0.15, -0.1) is 0 Å². The molecule has 0 atom stereocenters. The monoisotopic (exact) mass is 460 g/mol. The summed E-state index contributed by atoms with van der Waals surface area (Å²) in [6.45, 7) is 8.11. The van der Waals surface area contributed by atoms with Gasteiger partial charge in [-0.1, -0.05) is 50.9 Å². The molecule has 30 heavy (non-hydrogen) atoms. The maximum absolute atomic E-state index is 12.7. The molecule has 0 aliphatic rings. The molecule has 0 heterocycles. The van der Waals surface area contributed by atoms with Crippen LogP contribution in [0.25, 0.3) is 0 Å². The van der Waals surface area contributed by atoms with E-state index in [9.17, 15) is 14.4 Å². The van der Waals surface area contributed by atoms with Crippen LogP contribution in [0.3, 0.4) is 0 Å². The highest BCUT2D eigenvalue weighted by Crippen LogP contribution is 2.25. The first kappa shape index (κ1) is 26.0. The Labute approximate surface area is 187 Å². The molecular formula is C20H30Cl2N4O4. The first-order valence-electron chi connectivity index (χ1n) is 9.64. The summed E-state index contributed by atoms with van der Waals surface area (Å²) in [5.74, 6) is -0.528. The average Bonchev–Trinajstić information content (AvgIpc) is 2.65. The molecule has 0 bridgehead atoms. The Balaban J connectivity index is 2.65. The molecule has 0 saturated carbocycles. The standard InChI is InChI=1S/C20H30Cl2N4O4/c1-13(2)7-8-26(11-17(27)25-30)18(28)10-20(3,4)12-23-19(29)24-16-9-14(21)5-6-15(16)22/h5-6,9,13,30H,7-8,10-12H2,1-4H3,(H,25,27)(H2,23,24,29). The smallest absolute Gasteiger partial charge is 0.319 e.